The molecular weight excluding hydrogens is 351 g/mol. The number of halogens is 1. The molecule has 0 saturated carbocycles. The predicted molar refractivity (Wildman–Crippen MR) is 109 cm³/mol. The number of nitrogens with one attached hydrogen (secondary N) is 1. The van der Waals surface area contributed by atoms with Crippen molar-refractivity contribution in [3.05, 3.63) is 102 Å². The molecule has 0 radical (unpaired) electrons. The van der Waals surface area contributed by atoms with Gasteiger partial charge in [0.1, 0.15) is 5.82 Å². The molecule has 3 aromatic carbocycles. The van der Waals surface area contributed by atoms with E-state index in [4.69, 9.17) is 0 Å². The van der Waals surface area contributed by atoms with Crippen molar-refractivity contribution in [3.63, 3.8) is 0 Å². The standard InChI is InChI=1S/C24H19FN2O/c1-16(17-8-4-2-5-9-17)26-24(28)21-15-23(18-10-6-3-7-11-18)27-22-13-12-19(25)14-20(21)22/h2-16H,1H3,(H,26,28). The molecule has 1 unspecified atom stereocenters. The average Bonchev–Trinajstić information content (AvgIpc) is 2.74. The molecule has 28 heavy (non-hydrogen) atoms. The second-order valence-corrected chi connectivity index (χ2v) is 6.69. The highest BCUT2D eigenvalue weighted by molar-refractivity contribution is 6.07. The summed E-state index contributed by atoms with van der Waals surface area (Å²) in [5.74, 6) is -0.654. The number of benzene rings is 3. The van der Waals surface area contributed by atoms with Crippen molar-refractivity contribution in [2.75, 3.05) is 0 Å². The molecule has 1 N–H and O–H groups in total. The van der Waals surface area contributed by atoms with Crippen LogP contribution in [0.3, 0.4) is 0 Å². The van der Waals surface area contributed by atoms with E-state index in [0.717, 1.165) is 11.1 Å². The van der Waals surface area contributed by atoms with Gasteiger partial charge in [-0.05, 0) is 36.8 Å². The Balaban J connectivity index is 1.77. The smallest absolute Gasteiger partial charge is 0.252 e. The number of fused-ring (bicyclic) bond motifs is 1. The number of hydrogen-bond donors (Lipinski definition) is 1. The van der Waals surface area contributed by atoms with Gasteiger partial charge in [0.25, 0.3) is 5.91 Å². The van der Waals surface area contributed by atoms with Crippen LogP contribution in [-0.4, -0.2) is 10.9 Å². The normalized spacial score (nSPS) is 11.9. The summed E-state index contributed by atoms with van der Waals surface area (Å²) in [5.41, 5.74) is 3.58. The lowest BCUT2D eigenvalue weighted by Crippen LogP contribution is -2.27. The number of amides is 1. The zero-order chi connectivity index (χ0) is 19.5. The number of aromatic nitrogens is 1. The molecule has 4 aromatic rings. The molecule has 0 aliphatic rings. The number of carbonyl (C=O) groups excluding carboxylic acids is 1. The van der Waals surface area contributed by atoms with Crippen LogP contribution in [0.5, 0.6) is 0 Å². The number of hydrogen-bond acceptors (Lipinski definition) is 2. The second-order valence-electron chi connectivity index (χ2n) is 6.69. The summed E-state index contributed by atoms with van der Waals surface area (Å²) in [5, 5.41) is 3.51. The van der Waals surface area contributed by atoms with Gasteiger partial charge in [-0.2, -0.15) is 0 Å². The summed E-state index contributed by atoms with van der Waals surface area (Å²) in [6.45, 7) is 1.93. The fraction of sp³-hybridized carbons (Fsp3) is 0.0833. The molecular formula is C24H19FN2O. The summed E-state index contributed by atoms with van der Waals surface area (Å²) in [7, 11) is 0. The Hall–Kier alpha value is -3.53. The minimum absolute atomic E-state index is 0.175. The molecule has 0 aliphatic heterocycles. The lowest BCUT2D eigenvalue weighted by atomic mass is 10.0. The summed E-state index contributed by atoms with van der Waals surface area (Å²) in [6, 6.07) is 25.2. The first-order chi connectivity index (χ1) is 13.6. The molecule has 138 valence electrons. The second kappa shape index (κ2) is 7.61. The van der Waals surface area contributed by atoms with Gasteiger partial charge in [-0.3, -0.25) is 4.79 Å². The Labute approximate surface area is 162 Å². The third-order valence-electron chi connectivity index (χ3n) is 4.73. The molecule has 0 saturated heterocycles. The fourth-order valence-corrected chi connectivity index (χ4v) is 3.24. The van der Waals surface area contributed by atoms with Crippen molar-refractivity contribution in [3.8, 4) is 11.3 Å². The van der Waals surface area contributed by atoms with Gasteiger partial charge in [0.2, 0.25) is 0 Å². The van der Waals surface area contributed by atoms with E-state index in [1.165, 1.54) is 12.1 Å². The molecule has 0 bridgehead atoms. The zero-order valence-corrected chi connectivity index (χ0v) is 15.4. The molecule has 0 spiro atoms. The topological polar surface area (TPSA) is 42.0 Å². The van der Waals surface area contributed by atoms with Crippen LogP contribution in [0.4, 0.5) is 4.39 Å². The molecule has 1 aromatic heterocycles. The third kappa shape index (κ3) is 3.62. The summed E-state index contributed by atoms with van der Waals surface area (Å²) >= 11 is 0. The first kappa shape index (κ1) is 17.9. The molecule has 4 heteroatoms. The minimum Gasteiger partial charge on any atom is -0.345 e. The monoisotopic (exact) mass is 370 g/mol. The lowest BCUT2D eigenvalue weighted by molar-refractivity contribution is 0.0941. The van der Waals surface area contributed by atoms with Crippen molar-refractivity contribution in [2.24, 2.45) is 0 Å². The van der Waals surface area contributed by atoms with Crippen molar-refractivity contribution >= 4 is 16.8 Å². The van der Waals surface area contributed by atoms with Gasteiger partial charge in [0, 0.05) is 10.9 Å². The molecule has 4 rings (SSSR count). The van der Waals surface area contributed by atoms with Gasteiger partial charge < -0.3 is 5.32 Å². The maximum absolute atomic E-state index is 13.9. The van der Waals surface area contributed by atoms with Gasteiger partial charge in [-0.1, -0.05) is 60.7 Å². The third-order valence-corrected chi connectivity index (χ3v) is 4.73. The molecule has 0 aliphatic carbocycles. The maximum Gasteiger partial charge on any atom is 0.252 e. The SMILES string of the molecule is CC(NC(=O)c1cc(-c2ccccc2)nc2ccc(F)cc12)c1ccccc1. The van der Waals surface area contributed by atoms with Gasteiger partial charge in [-0.25, -0.2) is 9.37 Å². The van der Waals surface area contributed by atoms with Gasteiger partial charge >= 0.3 is 0 Å². The van der Waals surface area contributed by atoms with Crippen LogP contribution >= 0.6 is 0 Å². The number of rotatable bonds is 4. The van der Waals surface area contributed by atoms with E-state index in [0.29, 0.717) is 22.2 Å². The van der Waals surface area contributed by atoms with E-state index in [1.54, 1.807) is 12.1 Å². The van der Waals surface area contributed by atoms with E-state index in [9.17, 15) is 9.18 Å². The fourth-order valence-electron chi connectivity index (χ4n) is 3.24. The predicted octanol–water partition coefficient (Wildman–Crippen LogP) is 5.53. The molecule has 0 fully saturated rings. The summed E-state index contributed by atoms with van der Waals surface area (Å²) in [6.07, 6.45) is 0. The van der Waals surface area contributed by atoms with E-state index in [-0.39, 0.29) is 11.9 Å². The van der Waals surface area contributed by atoms with Crippen LogP contribution in [0.2, 0.25) is 0 Å². The van der Waals surface area contributed by atoms with Crippen molar-refractivity contribution in [1.29, 1.82) is 0 Å². The Kier molecular flexibility index (Phi) is 4.85. The molecule has 1 heterocycles. The minimum atomic E-state index is -0.396. The molecule has 1 amide bonds. The Morgan fingerprint density at radius 3 is 2.32 bits per heavy atom. The van der Waals surface area contributed by atoms with Crippen LogP contribution in [0, 0.1) is 5.82 Å². The van der Waals surface area contributed by atoms with Crippen molar-refractivity contribution in [2.45, 2.75) is 13.0 Å². The Morgan fingerprint density at radius 2 is 1.61 bits per heavy atom. The van der Waals surface area contributed by atoms with Crippen LogP contribution in [-0.2, 0) is 0 Å². The number of pyridine rings is 1. The van der Waals surface area contributed by atoms with Crippen molar-refractivity contribution < 1.29 is 9.18 Å². The van der Waals surface area contributed by atoms with Gasteiger partial charge in [0.15, 0.2) is 0 Å². The maximum atomic E-state index is 13.9. The van der Waals surface area contributed by atoms with E-state index < -0.39 is 5.82 Å². The highest BCUT2D eigenvalue weighted by Gasteiger charge is 2.17. The summed E-state index contributed by atoms with van der Waals surface area (Å²) in [4.78, 5) is 17.7. The van der Waals surface area contributed by atoms with Crippen LogP contribution in [0.25, 0.3) is 22.2 Å². The van der Waals surface area contributed by atoms with Crippen LogP contribution in [0.1, 0.15) is 28.9 Å². The molecule has 3 nitrogen and oxygen atoms in total. The molecule has 1 atom stereocenters. The van der Waals surface area contributed by atoms with Gasteiger partial charge in [0.05, 0.1) is 22.8 Å². The van der Waals surface area contributed by atoms with E-state index >= 15 is 0 Å². The van der Waals surface area contributed by atoms with Crippen LogP contribution in [0.15, 0.2) is 84.9 Å². The Morgan fingerprint density at radius 1 is 0.929 bits per heavy atom. The van der Waals surface area contributed by atoms with E-state index in [1.807, 2.05) is 67.6 Å². The number of nitrogens with zero attached hydrogens (tertiary/aromatic N) is 1. The first-order valence-corrected chi connectivity index (χ1v) is 9.13. The number of carbonyl (C=O) groups is 1. The van der Waals surface area contributed by atoms with Gasteiger partial charge in [-0.15, -0.1) is 0 Å². The van der Waals surface area contributed by atoms with E-state index in [2.05, 4.69) is 10.3 Å². The summed E-state index contributed by atoms with van der Waals surface area (Å²) < 4.78 is 13.9. The van der Waals surface area contributed by atoms with Crippen LogP contribution < -0.4 is 5.32 Å². The van der Waals surface area contributed by atoms with Crippen molar-refractivity contribution in [1.82, 2.24) is 10.3 Å². The largest absolute Gasteiger partial charge is 0.345 e. The zero-order valence-electron chi connectivity index (χ0n) is 15.4. The average molecular weight is 370 g/mol. The Bertz CT molecular complexity index is 1130. The highest BCUT2D eigenvalue weighted by Crippen LogP contribution is 2.26. The highest BCUT2D eigenvalue weighted by atomic mass is 19.1. The lowest BCUT2D eigenvalue weighted by Gasteiger charge is -2.16. The first-order valence-electron chi connectivity index (χ1n) is 9.13. The quantitative estimate of drug-likeness (QED) is 0.513.